The Bertz CT molecular complexity index is 1390. The van der Waals surface area contributed by atoms with Crippen molar-refractivity contribution in [2.75, 3.05) is 11.9 Å². The second kappa shape index (κ2) is 8.78. The fraction of sp³-hybridized carbons (Fsp3) is 0.481. The molecular weight excluding hydrogens is 475 g/mol. The smallest absolute Gasteiger partial charge is 0.255 e. The van der Waals surface area contributed by atoms with Crippen molar-refractivity contribution >= 4 is 17.1 Å². The third-order valence-corrected chi connectivity index (χ3v) is 7.48. The maximum Gasteiger partial charge on any atom is 0.255 e. The van der Waals surface area contributed by atoms with Crippen molar-refractivity contribution in [1.82, 2.24) is 19.9 Å². The predicted molar refractivity (Wildman–Crippen MR) is 136 cm³/mol. The second-order valence-corrected chi connectivity index (χ2v) is 11.5. The van der Waals surface area contributed by atoms with E-state index in [1.54, 1.807) is 16.6 Å². The predicted octanol–water partition coefficient (Wildman–Crippen LogP) is 3.21. The molecule has 3 aromatic heterocycles. The number of rotatable bonds is 7. The van der Waals surface area contributed by atoms with Gasteiger partial charge < -0.3 is 20.8 Å². The summed E-state index contributed by atoms with van der Waals surface area (Å²) in [6.45, 7) is 4.23. The summed E-state index contributed by atoms with van der Waals surface area (Å²) in [5.74, 6) is -0.495. The standard InChI is InChI=1S/C27H31FN6O3/c1-25(2,36)23(28)13-31-24(35)19-12-30-21(22-5-4-18-6-16(10-29)11-32-34(18)22)7-20(19)33-17-8-27(9-17)14-26(3,37)15-27/h4-7,11-12,17,23,36-37H,8-9,13-15H2,1-3H3,(H,30,33)(H,31,35). The number of aromatic nitrogens is 3. The Balaban J connectivity index is 1.41. The molecule has 3 aromatic rings. The van der Waals surface area contributed by atoms with E-state index >= 15 is 0 Å². The maximum absolute atomic E-state index is 14.3. The van der Waals surface area contributed by atoms with E-state index in [0.717, 1.165) is 31.2 Å². The third-order valence-electron chi connectivity index (χ3n) is 7.48. The fourth-order valence-corrected chi connectivity index (χ4v) is 5.84. The van der Waals surface area contributed by atoms with Gasteiger partial charge in [0.25, 0.3) is 5.91 Å². The normalized spacial score (nSPS) is 25.7. The van der Waals surface area contributed by atoms with E-state index in [1.165, 1.54) is 26.2 Å². The van der Waals surface area contributed by atoms with Crippen molar-refractivity contribution in [3.63, 3.8) is 0 Å². The van der Waals surface area contributed by atoms with Crippen molar-refractivity contribution in [3.05, 3.63) is 47.8 Å². The fourth-order valence-electron chi connectivity index (χ4n) is 5.84. The molecule has 2 saturated carbocycles. The Labute approximate surface area is 214 Å². The Kier molecular flexibility index (Phi) is 5.96. The molecule has 1 atom stereocenters. The summed E-state index contributed by atoms with van der Waals surface area (Å²) in [5, 5.41) is 39.6. The van der Waals surface area contributed by atoms with Gasteiger partial charge in [0.1, 0.15) is 12.2 Å². The van der Waals surface area contributed by atoms with Crippen molar-refractivity contribution < 1.29 is 19.4 Å². The summed E-state index contributed by atoms with van der Waals surface area (Å²) < 4.78 is 15.9. The molecule has 1 spiro atoms. The molecule has 1 amide bonds. The molecule has 0 radical (unpaired) electrons. The van der Waals surface area contributed by atoms with Gasteiger partial charge in [0.15, 0.2) is 0 Å². The van der Waals surface area contributed by atoms with Crippen LogP contribution in [0.5, 0.6) is 0 Å². The number of nitriles is 1. The van der Waals surface area contributed by atoms with Gasteiger partial charge in [-0.2, -0.15) is 10.4 Å². The maximum atomic E-state index is 14.3. The van der Waals surface area contributed by atoms with Crippen LogP contribution in [0.3, 0.4) is 0 Å². The molecule has 0 bridgehead atoms. The summed E-state index contributed by atoms with van der Waals surface area (Å²) in [6, 6.07) is 9.41. The number of pyridine rings is 1. The molecular formula is C27H31FN6O3. The number of fused-ring (bicyclic) bond motifs is 1. The molecule has 5 rings (SSSR count). The summed E-state index contributed by atoms with van der Waals surface area (Å²) in [7, 11) is 0. The van der Waals surface area contributed by atoms with Crippen LogP contribution in [0.1, 0.15) is 62.4 Å². The highest BCUT2D eigenvalue weighted by atomic mass is 19.1. The Morgan fingerprint density at radius 2 is 2.05 bits per heavy atom. The number of hydrogen-bond donors (Lipinski definition) is 4. The minimum absolute atomic E-state index is 0.128. The van der Waals surface area contributed by atoms with Gasteiger partial charge in [0, 0.05) is 12.2 Å². The summed E-state index contributed by atoms with van der Waals surface area (Å²) in [5.41, 5.74) is 1.28. The Hall–Kier alpha value is -3.55. The first-order valence-corrected chi connectivity index (χ1v) is 12.4. The van der Waals surface area contributed by atoms with Gasteiger partial charge in [-0.1, -0.05) is 0 Å². The average molecular weight is 507 g/mol. The van der Waals surface area contributed by atoms with Gasteiger partial charge >= 0.3 is 0 Å². The van der Waals surface area contributed by atoms with Crippen LogP contribution in [-0.4, -0.2) is 60.7 Å². The van der Waals surface area contributed by atoms with E-state index in [1.807, 2.05) is 19.1 Å². The van der Waals surface area contributed by atoms with Crippen LogP contribution < -0.4 is 10.6 Å². The third kappa shape index (κ3) is 4.89. The number of nitrogens with one attached hydrogen (secondary N) is 2. The number of anilines is 1. The number of aliphatic hydroxyl groups is 2. The topological polar surface area (TPSA) is 136 Å². The van der Waals surface area contributed by atoms with Gasteiger partial charge in [0.2, 0.25) is 0 Å². The molecule has 9 nitrogen and oxygen atoms in total. The molecule has 3 heterocycles. The quantitative estimate of drug-likeness (QED) is 0.386. The van der Waals surface area contributed by atoms with Gasteiger partial charge in [-0.3, -0.25) is 9.78 Å². The van der Waals surface area contributed by atoms with Crippen LogP contribution in [0.15, 0.2) is 36.7 Å². The molecule has 4 N–H and O–H groups in total. The van der Waals surface area contributed by atoms with E-state index in [4.69, 9.17) is 5.26 Å². The minimum atomic E-state index is -1.63. The molecule has 37 heavy (non-hydrogen) atoms. The molecule has 0 aliphatic heterocycles. The van der Waals surface area contributed by atoms with Crippen LogP contribution in [0.25, 0.3) is 16.9 Å². The average Bonchev–Trinajstić information content (AvgIpc) is 3.22. The number of nitrogens with zero attached hydrogens (tertiary/aromatic N) is 4. The van der Waals surface area contributed by atoms with Crippen LogP contribution >= 0.6 is 0 Å². The summed E-state index contributed by atoms with van der Waals surface area (Å²) in [4.78, 5) is 17.5. The summed E-state index contributed by atoms with van der Waals surface area (Å²) >= 11 is 0. The minimum Gasteiger partial charge on any atom is -0.390 e. The lowest BCUT2D eigenvalue weighted by atomic mass is 9.48. The zero-order chi connectivity index (χ0) is 26.6. The first-order chi connectivity index (χ1) is 17.4. The highest BCUT2D eigenvalue weighted by molar-refractivity contribution is 6.00. The Morgan fingerprint density at radius 1 is 1.32 bits per heavy atom. The number of carbonyl (C=O) groups excluding carboxylic acids is 1. The Morgan fingerprint density at radius 3 is 2.70 bits per heavy atom. The highest BCUT2D eigenvalue weighted by Crippen LogP contribution is 2.60. The lowest BCUT2D eigenvalue weighted by Gasteiger charge is -2.60. The van der Waals surface area contributed by atoms with Gasteiger partial charge in [-0.15, -0.1) is 0 Å². The van der Waals surface area contributed by atoms with Crippen LogP contribution in [0, 0.1) is 16.7 Å². The summed E-state index contributed by atoms with van der Waals surface area (Å²) in [6.07, 6.45) is 4.63. The van der Waals surface area contributed by atoms with Crippen molar-refractivity contribution in [2.24, 2.45) is 5.41 Å². The zero-order valence-corrected chi connectivity index (χ0v) is 21.1. The monoisotopic (exact) mass is 506 g/mol. The number of amides is 1. The van der Waals surface area contributed by atoms with Crippen LogP contribution in [-0.2, 0) is 0 Å². The molecule has 0 saturated heterocycles. The lowest BCUT2D eigenvalue weighted by Crippen LogP contribution is -2.59. The first-order valence-electron chi connectivity index (χ1n) is 12.4. The van der Waals surface area contributed by atoms with E-state index < -0.39 is 23.3 Å². The molecule has 194 valence electrons. The number of hydrogen-bond acceptors (Lipinski definition) is 7. The SMILES string of the molecule is CC1(O)CC2(CC(Nc3cc(-c4ccc5cc(C#N)cnn45)ncc3C(=O)NCC(F)C(C)(C)O)C2)C1. The van der Waals surface area contributed by atoms with E-state index in [9.17, 15) is 19.4 Å². The molecule has 2 fully saturated rings. The molecule has 1 unspecified atom stereocenters. The van der Waals surface area contributed by atoms with E-state index in [2.05, 4.69) is 26.8 Å². The van der Waals surface area contributed by atoms with Gasteiger partial charge in [-0.05, 0) is 76.1 Å². The first kappa shape index (κ1) is 25.1. The number of halogens is 1. The lowest BCUT2D eigenvalue weighted by molar-refractivity contribution is -0.154. The largest absolute Gasteiger partial charge is 0.390 e. The number of alkyl halides is 1. The molecule has 2 aliphatic carbocycles. The van der Waals surface area contributed by atoms with Gasteiger partial charge in [-0.25, -0.2) is 8.91 Å². The van der Waals surface area contributed by atoms with Crippen LogP contribution in [0.2, 0.25) is 0 Å². The molecule has 2 aliphatic rings. The van der Waals surface area contributed by atoms with E-state index in [0.29, 0.717) is 22.6 Å². The van der Waals surface area contributed by atoms with Crippen molar-refractivity contribution in [1.29, 1.82) is 5.26 Å². The van der Waals surface area contributed by atoms with Crippen LogP contribution in [0.4, 0.5) is 10.1 Å². The highest BCUT2D eigenvalue weighted by Gasteiger charge is 2.57. The van der Waals surface area contributed by atoms with Crippen molar-refractivity contribution in [2.45, 2.75) is 69.9 Å². The second-order valence-electron chi connectivity index (χ2n) is 11.5. The molecule has 10 heteroatoms. The van der Waals surface area contributed by atoms with Gasteiger partial charge in [0.05, 0.1) is 57.7 Å². The molecule has 0 aromatic carbocycles. The number of carbonyl (C=O) groups is 1. The van der Waals surface area contributed by atoms with Crippen molar-refractivity contribution in [3.8, 4) is 17.5 Å². The zero-order valence-electron chi connectivity index (χ0n) is 21.1. The van der Waals surface area contributed by atoms with E-state index in [-0.39, 0.29) is 23.6 Å².